The molecule has 0 aromatic heterocycles. The molecule has 1 atom stereocenters. The Balaban J connectivity index is 3.80. The van der Waals surface area contributed by atoms with Crippen molar-refractivity contribution in [3.05, 3.63) is 12.3 Å². The van der Waals surface area contributed by atoms with E-state index in [4.69, 9.17) is 4.89 Å². The third kappa shape index (κ3) is 6.14. The van der Waals surface area contributed by atoms with Crippen LogP contribution in [0.4, 0.5) is 0 Å². The van der Waals surface area contributed by atoms with Crippen LogP contribution in [0.2, 0.25) is 0 Å². The molecule has 0 saturated heterocycles. The van der Waals surface area contributed by atoms with Crippen molar-refractivity contribution < 1.29 is 14.0 Å². The van der Waals surface area contributed by atoms with E-state index in [0.29, 0.717) is 12.2 Å². The van der Waals surface area contributed by atoms with Gasteiger partial charge in [-0.2, -0.15) is 0 Å². The average Bonchev–Trinajstić information content (AvgIpc) is 1.81. The molecule has 0 rings (SSSR count). The summed E-state index contributed by atoms with van der Waals surface area (Å²) in [5.74, 6) is 0.298. The summed E-state index contributed by atoms with van der Waals surface area (Å²) in [6.07, 6.45) is 1.82. The molecular weight excluding hydrogens is 163 g/mol. The molecule has 0 amide bonds. The fourth-order valence-corrected chi connectivity index (χ4v) is 1.94. The third-order valence-electron chi connectivity index (χ3n) is 1.09. The Hall–Kier alpha value is -0.270. The van der Waals surface area contributed by atoms with Gasteiger partial charge in [-0.3, -0.25) is 0 Å². The summed E-state index contributed by atoms with van der Waals surface area (Å²) in [5, 5.41) is 0. The summed E-state index contributed by atoms with van der Waals surface area (Å²) in [5.41, 5.74) is 0. The molecule has 0 aromatic carbocycles. The summed E-state index contributed by atoms with van der Waals surface area (Å²) in [4.78, 5) is 9.09. The minimum Gasteiger partial charge on any atom is -0.430 e. The molecule has 66 valence electrons. The molecule has 0 aliphatic carbocycles. The summed E-state index contributed by atoms with van der Waals surface area (Å²) >= 11 is 0. The standard InChI is InChI=1S/C7H15O3P/c1-4-5-6-11(8,9)10-7(2)3/h2,4-6H2,1,3H3,(H,8,9). The van der Waals surface area contributed by atoms with Crippen LogP contribution in [0.1, 0.15) is 26.7 Å². The predicted molar refractivity (Wildman–Crippen MR) is 45.5 cm³/mol. The van der Waals surface area contributed by atoms with Gasteiger partial charge in [0.1, 0.15) is 0 Å². The Morgan fingerprint density at radius 3 is 2.64 bits per heavy atom. The Kier molecular flexibility index (Phi) is 4.46. The van der Waals surface area contributed by atoms with Crippen LogP contribution in [0.3, 0.4) is 0 Å². The van der Waals surface area contributed by atoms with Crippen LogP contribution in [-0.2, 0) is 9.09 Å². The zero-order valence-corrected chi connectivity index (χ0v) is 7.93. The molecule has 0 aliphatic rings. The van der Waals surface area contributed by atoms with E-state index in [1.54, 1.807) is 6.92 Å². The molecule has 0 bridgehead atoms. The Bertz CT molecular complexity index is 177. The lowest BCUT2D eigenvalue weighted by atomic mass is 10.4. The van der Waals surface area contributed by atoms with Gasteiger partial charge >= 0.3 is 7.60 Å². The molecule has 1 unspecified atom stereocenters. The SMILES string of the molecule is C=C(C)OP(=O)(O)CCCC. The van der Waals surface area contributed by atoms with Crippen molar-refractivity contribution >= 4 is 7.60 Å². The van der Waals surface area contributed by atoms with E-state index in [9.17, 15) is 4.57 Å². The maximum Gasteiger partial charge on any atom is 0.376 e. The molecule has 0 heterocycles. The van der Waals surface area contributed by atoms with E-state index in [1.807, 2.05) is 6.92 Å². The van der Waals surface area contributed by atoms with Crippen molar-refractivity contribution in [3.63, 3.8) is 0 Å². The lowest BCUT2D eigenvalue weighted by Crippen LogP contribution is -1.92. The monoisotopic (exact) mass is 178 g/mol. The molecule has 11 heavy (non-hydrogen) atoms. The van der Waals surface area contributed by atoms with E-state index in [0.717, 1.165) is 6.42 Å². The first-order chi connectivity index (χ1) is 4.98. The highest BCUT2D eigenvalue weighted by atomic mass is 31.2. The largest absolute Gasteiger partial charge is 0.430 e. The Labute approximate surface area is 67.6 Å². The predicted octanol–water partition coefficient (Wildman–Crippen LogP) is 2.52. The molecule has 0 fully saturated rings. The van der Waals surface area contributed by atoms with Gasteiger partial charge in [-0.05, 0) is 13.3 Å². The maximum atomic E-state index is 11.1. The molecule has 1 N–H and O–H groups in total. The van der Waals surface area contributed by atoms with Gasteiger partial charge in [-0.15, -0.1) is 0 Å². The molecule has 0 spiro atoms. The average molecular weight is 178 g/mol. The first kappa shape index (κ1) is 10.7. The van der Waals surface area contributed by atoms with Crippen LogP contribution in [0.25, 0.3) is 0 Å². The van der Waals surface area contributed by atoms with Crippen molar-refractivity contribution in [3.8, 4) is 0 Å². The van der Waals surface area contributed by atoms with Crippen LogP contribution in [0.15, 0.2) is 12.3 Å². The van der Waals surface area contributed by atoms with Crippen molar-refractivity contribution in [2.24, 2.45) is 0 Å². The first-order valence-electron chi connectivity index (χ1n) is 3.65. The highest BCUT2D eigenvalue weighted by Gasteiger charge is 2.18. The quantitative estimate of drug-likeness (QED) is 0.519. The van der Waals surface area contributed by atoms with Crippen LogP contribution in [-0.4, -0.2) is 11.1 Å². The van der Waals surface area contributed by atoms with Gasteiger partial charge in [0.15, 0.2) is 0 Å². The minimum absolute atomic E-state index is 0.219. The van der Waals surface area contributed by atoms with Crippen molar-refractivity contribution in [2.45, 2.75) is 26.7 Å². The number of allylic oxidation sites excluding steroid dienone is 1. The molecule has 0 radical (unpaired) electrons. The van der Waals surface area contributed by atoms with E-state index < -0.39 is 7.60 Å². The molecular formula is C7H15O3P. The van der Waals surface area contributed by atoms with E-state index in [-0.39, 0.29) is 6.16 Å². The fourth-order valence-electron chi connectivity index (χ4n) is 0.647. The summed E-state index contributed by atoms with van der Waals surface area (Å²) < 4.78 is 15.7. The molecule has 3 nitrogen and oxygen atoms in total. The number of hydrogen-bond acceptors (Lipinski definition) is 2. The van der Waals surface area contributed by atoms with Crippen LogP contribution in [0, 0.1) is 0 Å². The molecule has 0 aromatic rings. The zero-order valence-electron chi connectivity index (χ0n) is 7.04. The van der Waals surface area contributed by atoms with Crippen LogP contribution in [0.5, 0.6) is 0 Å². The second kappa shape index (κ2) is 4.58. The third-order valence-corrected chi connectivity index (χ3v) is 2.57. The van der Waals surface area contributed by atoms with Gasteiger partial charge in [-0.25, -0.2) is 4.57 Å². The Morgan fingerprint density at radius 2 is 2.27 bits per heavy atom. The van der Waals surface area contributed by atoms with Crippen LogP contribution >= 0.6 is 7.60 Å². The van der Waals surface area contributed by atoms with E-state index in [1.165, 1.54) is 0 Å². The van der Waals surface area contributed by atoms with Gasteiger partial charge < -0.3 is 9.42 Å². The van der Waals surface area contributed by atoms with E-state index >= 15 is 0 Å². The number of hydrogen-bond donors (Lipinski definition) is 1. The lowest BCUT2D eigenvalue weighted by Gasteiger charge is -2.11. The van der Waals surface area contributed by atoms with Crippen molar-refractivity contribution in [1.82, 2.24) is 0 Å². The maximum absolute atomic E-state index is 11.1. The highest BCUT2D eigenvalue weighted by Crippen LogP contribution is 2.44. The topological polar surface area (TPSA) is 46.5 Å². The van der Waals surface area contributed by atoms with Gasteiger partial charge in [-0.1, -0.05) is 19.9 Å². The summed E-state index contributed by atoms with van der Waals surface area (Å²) in [6.45, 7) is 6.92. The van der Waals surface area contributed by atoms with Crippen LogP contribution < -0.4 is 0 Å². The molecule has 0 saturated carbocycles. The Morgan fingerprint density at radius 1 is 1.73 bits per heavy atom. The van der Waals surface area contributed by atoms with Crippen molar-refractivity contribution in [1.29, 1.82) is 0 Å². The fraction of sp³-hybridized carbons (Fsp3) is 0.714. The normalized spacial score (nSPS) is 15.5. The van der Waals surface area contributed by atoms with Gasteiger partial charge in [0.25, 0.3) is 0 Å². The smallest absolute Gasteiger partial charge is 0.376 e. The number of rotatable bonds is 5. The second-order valence-corrected chi connectivity index (χ2v) is 4.41. The molecule has 0 aliphatic heterocycles. The minimum atomic E-state index is -3.36. The lowest BCUT2D eigenvalue weighted by molar-refractivity contribution is 0.325. The van der Waals surface area contributed by atoms with Crippen molar-refractivity contribution in [2.75, 3.05) is 6.16 Å². The van der Waals surface area contributed by atoms with Gasteiger partial charge in [0.05, 0.1) is 11.9 Å². The zero-order chi connectivity index (χ0) is 8.91. The second-order valence-electron chi connectivity index (χ2n) is 2.51. The first-order valence-corrected chi connectivity index (χ1v) is 5.41. The summed E-state index contributed by atoms with van der Waals surface area (Å²) in [7, 11) is -3.36. The summed E-state index contributed by atoms with van der Waals surface area (Å²) in [6, 6.07) is 0. The highest BCUT2D eigenvalue weighted by molar-refractivity contribution is 7.52. The van der Waals surface area contributed by atoms with Gasteiger partial charge in [0.2, 0.25) is 0 Å². The molecule has 4 heteroatoms. The van der Waals surface area contributed by atoms with Gasteiger partial charge in [0, 0.05) is 0 Å². The number of unbranched alkanes of at least 4 members (excludes halogenated alkanes) is 1. The van der Waals surface area contributed by atoms with E-state index in [2.05, 4.69) is 11.1 Å².